The summed E-state index contributed by atoms with van der Waals surface area (Å²) in [7, 11) is 0. The number of carbonyl (C=O) groups is 1. The van der Waals surface area contributed by atoms with Crippen molar-refractivity contribution >= 4 is 5.97 Å². The molecule has 0 aromatic heterocycles. The van der Waals surface area contributed by atoms with Gasteiger partial charge in [-0.2, -0.15) is 0 Å². The molecule has 0 heterocycles. The standard InChI is InChI=1S/C23H30O2/c1-5-16-7-9-20-19-8-6-17-14-18(25-15(2)24)10-12-23(17,4)21(19)11-13-22(16,20)3/h1,6-7,18-21H,8-14H2,2-4H3/t18?,19?,20?,21?,22?,23-/m0/s1. The highest BCUT2D eigenvalue weighted by atomic mass is 16.5. The molecule has 0 radical (unpaired) electrons. The van der Waals surface area contributed by atoms with Crippen LogP contribution in [-0.2, 0) is 9.53 Å². The fourth-order valence-electron chi connectivity index (χ4n) is 6.75. The number of rotatable bonds is 1. The second-order valence-corrected chi connectivity index (χ2v) is 9.19. The molecule has 2 saturated carbocycles. The molecule has 0 N–H and O–H groups in total. The lowest BCUT2D eigenvalue weighted by Crippen LogP contribution is -2.50. The molecule has 0 bridgehead atoms. The molecule has 4 rings (SSSR count). The molecular weight excluding hydrogens is 308 g/mol. The van der Waals surface area contributed by atoms with Gasteiger partial charge < -0.3 is 4.74 Å². The molecule has 0 aromatic rings. The minimum Gasteiger partial charge on any atom is -0.462 e. The zero-order chi connectivity index (χ0) is 17.8. The SMILES string of the molecule is C#CC1=CCC2C3CC=C4CC(OC(C)=O)CC[C@]4(C)C3CCC12C. The Kier molecular flexibility index (Phi) is 3.91. The minimum atomic E-state index is -0.143. The van der Waals surface area contributed by atoms with Crippen molar-refractivity contribution in [2.45, 2.75) is 71.8 Å². The first kappa shape index (κ1) is 17.0. The van der Waals surface area contributed by atoms with E-state index >= 15 is 0 Å². The lowest BCUT2D eigenvalue weighted by atomic mass is 9.47. The Balaban J connectivity index is 1.59. The van der Waals surface area contributed by atoms with Gasteiger partial charge in [0.25, 0.3) is 0 Å². The van der Waals surface area contributed by atoms with Gasteiger partial charge in [-0.3, -0.25) is 4.79 Å². The van der Waals surface area contributed by atoms with Gasteiger partial charge in [0, 0.05) is 24.3 Å². The second-order valence-electron chi connectivity index (χ2n) is 9.19. The smallest absolute Gasteiger partial charge is 0.302 e. The lowest BCUT2D eigenvalue weighted by Gasteiger charge is -2.57. The summed E-state index contributed by atoms with van der Waals surface area (Å²) < 4.78 is 5.52. The van der Waals surface area contributed by atoms with Crippen LogP contribution in [0.4, 0.5) is 0 Å². The summed E-state index contributed by atoms with van der Waals surface area (Å²) in [4.78, 5) is 11.3. The van der Waals surface area contributed by atoms with Crippen molar-refractivity contribution in [1.82, 2.24) is 0 Å². The van der Waals surface area contributed by atoms with E-state index in [2.05, 4.69) is 31.9 Å². The van der Waals surface area contributed by atoms with Crippen LogP contribution in [0.1, 0.15) is 65.7 Å². The van der Waals surface area contributed by atoms with Crippen LogP contribution in [0, 0.1) is 40.9 Å². The van der Waals surface area contributed by atoms with Crippen molar-refractivity contribution in [3.63, 3.8) is 0 Å². The summed E-state index contributed by atoms with van der Waals surface area (Å²) in [6.45, 7) is 6.41. The van der Waals surface area contributed by atoms with Gasteiger partial charge in [0.05, 0.1) is 0 Å². The first-order valence-corrected chi connectivity index (χ1v) is 9.92. The van der Waals surface area contributed by atoms with Crippen molar-refractivity contribution in [2.24, 2.45) is 28.6 Å². The first-order chi connectivity index (χ1) is 11.9. The maximum atomic E-state index is 11.3. The molecule has 4 aliphatic carbocycles. The number of carbonyl (C=O) groups excluding carboxylic acids is 1. The Hall–Kier alpha value is -1.49. The lowest BCUT2D eigenvalue weighted by molar-refractivity contribution is -0.148. The third kappa shape index (κ3) is 2.42. The van der Waals surface area contributed by atoms with Gasteiger partial charge in [-0.05, 0) is 61.7 Å². The molecule has 2 fully saturated rings. The predicted octanol–water partition coefficient (Wildman–Crippen LogP) is 5.05. The molecule has 0 saturated heterocycles. The summed E-state index contributed by atoms with van der Waals surface area (Å²) in [5.41, 5.74) is 3.33. The van der Waals surface area contributed by atoms with Gasteiger partial charge in [0.2, 0.25) is 0 Å². The molecule has 5 unspecified atom stereocenters. The average molecular weight is 338 g/mol. The van der Waals surface area contributed by atoms with Gasteiger partial charge >= 0.3 is 5.97 Å². The Morgan fingerprint density at radius 1 is 1.16 bits per heavy atom. The number of esters is 1. The van der Waals surface area contributed by atoms with E-state index in [1.165, 1.54) is 31.8 Å². The molecule has 6 atom stereocenters. The molecule has 2 nitrogen and oxygen atoms in total. The Morgan fingerprint density at radius 3 is 2.64 bits per heavy atom. The van der Waals surface area contributed by atoms with Crippen LogP contribution in [0.15, 0.2) is 23.3 Å². The second kappa shape index (κ2) is 5.76. The van der Waals surface area contributed by atoms with Crippen molar-refractivity contribution in [3.8, 4) is 12.3 Å². The van der Waals surface area contributed by atoms with Gasteiger partial charge in [-0.1, -0.05) is 37.5 Å². The number of allylic oxidation sites excluding steroid dienone is 3. The molecule has 2 heteroatoms. The maximum Gasteiger partial charge on any atom is 0.302 e. The summed E-state index contributed by atoms with van der Waals surface area (Å²) in [5.74, 6) is 5.06. The van der Waals surface area contributed by atoms with Gasteiger partial charge in [-0.15, -0.1) is 6.42 Å². The Labute approximate surface area is 152 Å². The first-order valence-electron chi connectivity index (χ1n) is 9.92. The van der Waals surface area contributed by atoms with E-state index < -0.39 is 0 Å². The van der Waals surface area contributed by atoms with Gasteiger partial charge in [-0.25, -0.2) is 0 Å². The van der Waals surface area contributed by atoms with E-state index in [-0.39, 0.29) is 17.5 Å². The zero-order valence-corrected chi connectivity index (χ0v) is 15.8. The van der Waals surface area contributed by atoms with Crippen molar-refractivity contribution in [2.75, 3.05) is 0 Å². The maximum absolute atomic E-state index is 11.3. The highest BCUT2D eigenvalue weighted by molar-refractivity contribution is 5.66. The normalized spacial score (nSPS) is 45.2. The van der Waals surface area contributed by atoms with Crippen LogP contribution in [0.5, 0.6) is 0 Å². The molecule has 0 amide bonds. The van der Waals surface area contributed by atoms with Crippen LogP contribution in [-0.4, -0.2) is 12.1 Å². The molecule has 0 aliphatic heterocycles. The van der Waals surface area contributed by atoms with Crippen molar-refractivity contribution in [3.05, 3.63) is 23.3 Å². The van der Waals surface area contributed by atoms with E-state index in [1.54, 1.807) is 5.57 Å². The van der Waals surface area contributed by atoms with Crippen LogP contribution in [0.25, 0.3) is 0 Å². The molecular formula is C23H30O2. The van der Waals surface area contributed by atoms with Crippen molar-refractivity contribution < 1.29 is 9.53 Å². The fourth-order valence-corrected chi connectivity index (χ4v) is 6.75. The monoisotopic (exact) mass is 338 g/mol. The molecule has 0 aromatic carbocycles. The largest absolute Gasteiger partial charge is 0.462 e. The topological polar surface area (TPSA) is 26.3 Å². The highest BCUT2D eigenvalue weighted by Gasteiger charge is 2.56. The summed E-state index contributed by atoms with van der Waals surface area (Å²) in [6.07, 6.45) is 18.7. The fraction of sp³-hybridized carbons (Fsp3) is 0.696. The average Bonchev–Trinajstić information content (AvgIpc) is 2.91. The summed E-state index contributed by atoms with van der Waals surface area (Å²) >= 11 is 0. The zero-order valence-electron chi connectivity index (χ0n) is 15.8. The van der Waals surface area contributed by atoms with Crippen LogP contribution in [0.2, 0.25) is 0 Å². The number of hydrogen-bond donors (Lipinski definition) is 0. The molecule has 4 aliphatic rings. The number of fused-ring (bicyclic) bond motifs is 5. The van der Waals surface area contributed by atoms with Crippen molar-refractivity contribution in [1.29, 1.82) is 0 Å². The van der Waals surface area contributed by atoms with Gasteiger partial charge in [0.15, 0.2) is 0 Å². The third-order valence-corrected chi connectivity index (χ3v) is 8.13. The quantitative estimate of drug-likeness (QED) is 0.380. The van der Waals surface area contributed by atoms with Gasteiger partial charge in [0.1, 0.15) is 6.10 Å². The van der Waals surface area contributed by atoms with E-state index in [4.69, 9.17) is 11.2 Å². The Bertz CT molecular complexity index is 693. The van der Waals surface area contributed by atoms with E-state index in [9.17, 15) is 4.79 Å². The van der Waals surface area contributed by atoms with Crippen LogP contribution in [0.3, 0.4) is 0 Å². The van der Waals surface area contributed by atoms with E-state index in [1.807, 2.05) is 0 Å². The van der Waals surface area contributed by atoms with E-state index in [0.717, 1.165) is 37.5 Å². The van der Waals surface area contributed by atoms with Crippen LogP contribution >= 0.6 is 0 Å². The summed E-state index contributed by atoms with van der Waals surface area (Å²) in [5, 5.41) is 0. The molecule has 25 heavy (non-hydrogen) atoms. The highest BCUT2D eigenvalue weighted by Crippen LogP contribution is 2.64. The van der Waals surface area contributed by atoms with Crippen LogP contribution < -0.4 is 0 Å². The Morgan fingerprint density at radius 2 is 1.92 bits per heavy atom. The minimum absolute atomic E-state index is 0.0865. The third-order valence-electron chi connectivity index (χ3n) is 8.13. The molecule has 0 spiro atoms. The van der Waals surface area contributed by atoms with E-state index in [0.29, 0.717) is 11.3 Å². The number of hydrogen-bond acceptors (Lipinski definition) is 2. The summed E-state index contributed by atoms with van der Waals surface area (Å²) in [6, 6.07) is 0. The molecule has 134 valence electrons. The number of terminal acetylenes is 1. The predicted molar refractivity (Wildman–Crippen MR) is 99.6 cm³/mol. The number of ether oxygens (including phenoxy) is 1.